The van der Waals surface area contributed by atoms with Crippen molar-refractivity contribution in [2.45, 2.75) is 18.5 Å². The smallest absolute Gasteiger partial charge is 0.326 e. The van der Waals surface area contributed by atoms with Gasteiger partial charge in [-0.15, -0.1) is 0 Å². The van der Waals surface area contributed by atoms with E-state index in [9.17, 15) is 27.6 Å². The number of benzene rings is 2. The number of hydrogen-bond donors (Lipinski definition) is 4. The molecular formula is C21H14Cl2F3N5O3. The average molecular weight is 512 g/mol. The summed E-state index contributed by atoms with van der Waals surface area (Å²) in [5.41, 5.74) is -2.11. The van der Waals surface area contributed by atoms with Gasteiger partial charge in [0.1, 0.15) is 5.82 Å². The lowest BCUT2D eigenvalue weighted by Crippen LogP contribution is -2.36. The van der Waals surface area contributed by atoms with E-state index in [-0.39, 0.29) is 17.3 Å². The Balaban J connectivity index is 1.66. The van der Waals surface area contributed by atoms with Crippen molar-refractivity contribution in [2.24, 2.45) is 0 Å². The summed E-state index contributed by atoms with van der Waals surface area (Å²) in [4.78, 5) is 44.5. The number of aromatic nitrogens is 2. The summed E-state index contributed by atoms with van der Waals surface area (Å²) in [5.74, 6) is -3.23. The second kappa shape index (κ2) is 8.99. The lowest BCUT2D eigenvalue weighted by molar-refractivity contribution is -0.137. The van der Waals surface area contributed by atoms with E-state index >= 15 is 0 Å². The van der Waals surface area contributed by atoms with E-state index in [4.69, 9.17) is 23.2 Å². The third-order valence-corrected chi connectivity index (χ3v) is 5.32. The molecular weight excluding hydrogens is 498 g/mol. The minimum absolute atomic E-state index is 0.0779. The van der Waals surface area contributed by atoms with E-state index in [1.54, 1.807) is 0 Å². The maximum Gasteiger partial charge on any atom is 0.418 e. The number of nitrogens with zero attached hydrogens (tertiary/aromatic N) is 1. The Kier molecular flexibility index (Phi) is 6.24. The van der Waals surface area contributed by atoms with Gasteiger partial charge in [-0.05, 0) is 30.3 Å². The zero-order valence-corrected chi connectivity index (χ0v) is 18.4. The Morgan fingerprint density at radius 2 is 1.76 bits per heavy atom. The van der Waals surface area contributed by atoms with Crippen molar-refractivity contribution in [3.63, 3.8) is 0 Å². The third-order valence-electron chi connectivity index (χ3n) is 4.88. The van der Waals surface area contributed by atoms with Crippen LogP contribution in [0.25, 0.3) is 0 Å². The van der Waals surface area contributed by atoms with Gasteiger partial charge in [0.25, 0.3) is 5.56 Å². The standard InChI is InChI=1S/C21H14Cl2F3N5O3/c22-9-5-10(23)7-11(6-9)27-20-30-17-16(19(34)31-20)12(8-15(32)29-17)18(33)28-14-4-2-1-3-13(14)21(24,25)26/h1-7,12H,8H2,(H,28,33)(H3,27,29,30,31,32,34). The van der Waals surface area contributed by atoms with Crippen molar-refractivity contribution in [1.82, 2.24) is 9.97 Å². The Morgan fingerprint density at radius 1 is 1.09 bits per heavy atom. The number of rotatable bonds is 4. The number of carbonyl (C=O) groups excluding carboxylic acids is 2. The number of alkyl halides is 3. The van der Waals surface area contributed by atoms with Crippen LogP contribution in [0.3, 0.4) is 0 Å². The average Bonchev–Trinajstić information content (AvgIpc) is 2.71. The molecule has 4 rings (SSSR count). The summed E-state index contributed by atoms with van der Waals surface area (Å²) in [5, 5.41) is 8.01. The fourth-order valence-electron chi connectivity index (χ4n) is 3.48. The van der Waals surface area contributed by atoms with Crippen molar-refractivity contribution in [2.75, 3.05) is 16.0 Å². The molecule has 2 amide bonds. The molecule has 0 radical (unpaired) electrons. The lowest BCUT2D eigenvalue weighted by atomic mass is 9.92. The van der Waals surface area contributed by atoms with E-state index in [2.05, 4.69) is 25.9 Å². The van der Waals surface area contributed by atoms with Gasteiger partial charge in [0.05, 0.1) is 22.7 Å². The van der Waals surface area contributed by atoms with Crippen LogP contribution in [-0.4, -0.2) is 21.8 Å². The van der Waals surface area contributed by atoms with Crippen LogP contribution in [0, 0.1) is 0 Å². The topological polar surface area (TPSA) is 116 Å². The highest BCUT2D eigenvalue weighted by atomic mass is 35.5. The second-order valence-electron chi connectivity index (χ2n) is 7.30. The van der Waals surface area contributed by atoms with Gasteiger partial charge in [0.15, 0.2) is 0 Å². The molecule has 1 unspecified atom stereocenters. The predicted octanol–water partition coefficient (Wildman–Crippen LogP) is 4.90. The number of amides is 2. The number of fused-ring (bicyclic) bond motifs is 1. The maximum absolute atomic E-state index is 13.3. The first kappa shape index (κ1) is 23.6. The molecule has 2 aromatic carbocycles. The first-order valence-electron chi connectivity index (χ1n) is 9.65. The summed E-state index contributed by atoms with van der Waals surface area (Å²) < 4.78 is 39.8. The van der Waals surface area contributed by atoms with Gasteiger partial charge in [-0.3, -0.25) is 19.4 Å². The molecule has 1 aliphatic rings. The highest BCUT2D eigenvalue weighted by molar-refractivity contribution is 6.35. The molecule has 0 saturated carbocycles. The number of H-pyrrole nitrogens is 1. The van der Waals surface area contributed by atoms with Crippen molar-refractivity contribution < 1.29 is 22.8 Å². The molecule has 3 aromatic rings. The van der Waals surface area contributed by atoms with Crippen LogP contribution in [0.4, 0.5) is 36.3 Å². The first-order chi connectivity index (χ1) is 16.0. The normalized spacial score (nSPS) is 15.3. The van der Waals surface area contributed by atoms with Crippen molar-refractivity contribution in [3.8, 4) is 0 Å². The van der Waals surface area contributed by atoms with Gasteiger partial charge >= 0.3 is 6.18 Å². The van der Waals surface area contributed by atoms with Gasteiger partial charge in [-0.1, -0.05) is 35.3 Å². The number of aromatic amines is 1. The quantitative estimate of drug-likeness (QED) is 0.397. The van der Waals surface area contributed by atoms with Gasteiger partial charge in [0, 0.05) is 22.2 Å². The van der Waals surface area contributed by atoms with E-state index < -0.39 is 47.1 Å². The summed E-state index contributed by atoms with van der Waals surface area (Å²) in [6.07, 6.45) is -5.16. The largest absolute Gasteiger partial charge is 0.418 e. The molecule has 0 fully saturated rings. The fraction of sp³-hybridized carbons (Fsp3) is 0.143. The lowest BCUT2D eigenvalue weighted by Gasteiger charge is -2.24. The van der Waals surface area contributed by atoms with Crippen molar-refractivity contribution >= 4 is 58.2 Å². The van der Waals surface area contributed by atoms with Crippen LogP contribution in [0.15, 0.2) is 47.3 Å². The molecule has 176 valence electrons. The monoisotopic (exact) mass is 511 g/mol. The Bertz CT molecular complexity index is 1340. The fourth-order valence-corrected chi connectivity index (χ4v) is 4.00. The van der Waals surface area contributed by atoms with Gasteiger partial charge < -0.3 is 16.0 Å². The Labute approximate surface area is 199 Å². The van der Waals surface area contributed by atoms with Crippen LogP contribution in [0.5, 0.6) is 0 Å². The van der Waals surface area contributed by atoms with E-state index in [1.807, 2.05) is 0 Å². The molecule has 2 heterocycles. The third kappa shape index (κ3) is 5.00. The number of carbonyl (C=O) groups is 2. The summed E-state index contributed by atoms with van der Waals surface area (Å²) in [7, 11) is 0. The zero-order chi connectivity index (χ0) is 24.6. The molecule has 1 atom stereocenters. The highest BCUT2D eigenvalue weighted by Crippen LogP contribution is 2.36. The molecule has 34 heavy (non-hydrogen) atoms. The molecule has 0 aliphatic carbocycles. The number of nitrogens with one attached hydrogen (secondary N) is 4. The molecule has 13 heteroatoms. The first-order valence-corrected chi connectivity index (χ1v) is 10.4. The van der Waals surface area contributed by atoms with Crippen molar-refractivity contribution in [3.05, 3.63) is 74.0 Å². The summed E-state index contributed by atoms with van der Waals surface area (Å²) in [6.45, 7) is 0. The number of anilines is 4. The zero-order valence-electron chi connectivity index (χ0n) is 16.9. The SMILES string of the molecule is O=C1CC(C(=O)Nc2ccccc2C(F)(F)F)c2c(nc(Nc3cc(Cl)cc(Cl)c3)[nH]c2=O)N1. The van der Waals surface area contributed by atoms with Gasteiger partial charge in [-0.25, -0.2) is 0 Å². The van der Waals surface area contributed by atoms with E-state index in [1.165, 1.54) is 30.3 Å². The molecule has 0 spiro atoms. The van der Waals surface area contributed by atoms with Crippen LogP contribution in [0.1, 0.15) is 23.5 Å². The van der Waals surface area contributed by atoms with Gasteiger partial charge in [-0.2, -0.15) is 18.2 Å². The van der Waals surface area contributed by atoms with Crippen LogP contribution < -0.4 is 21.5 Å². The predicted molar refractivity (Wildman–Crippen MR) is 121 cm³/mol. The summed E-state index contributed by atoms with van der Waals surface area (Å²) in [6, 6.07) is 8.91. The van der Waals surface area contributed by atoms with E-state index in [0.717, 1.165) is 12.1 Å². The maximum atomic E-state index is 13.3. The second-order valence-corrected chi connectivity index (χ2v) is 8.17. The highest BCUT2D eigenvalue weighted by Gasteiger charge is 2.37. The molecule has 8 nitrogen and oxygen atoms in total. The molecule has 1 aromatic heterocycles. The number of halogens is 5. The van der Waals surface area contributed by atoms with Gasteiger partial charge in [0.2, 0.25) is 17.8 Å². The number of para-hydroxylation sites is 1. The molecule has 0 bridgehead atoms. The summed E-state index contributed by atoms with van der Waals surface area (Å²) >= 11 is 11.9. The van der Waals surface area contributed by atoms with Crippen molar-refractivity contribution in [1.29, 1.82) is 0 Å². The van der Waals surface area contributed by atoms with E-state index in [0.29, 0.717) is 15.7 Å². The Hall–Kier alpha value is -3.57. The number of hydrogen-bond acceptors (Lipinski definition) is 5. The van der Waals surface area contributed by atoms with Crippen LogP contribution in [0.2, 0.25) is 10.0 Å². The molecule has 0 saturated heterocycles. The Morgan fingerprint density at radius 3 is 2.44 bits per heavy atom. The minimum Gasteiger partial charge on any atom is -0.326 e. The molecule has 4 N–H and O–H groups in total. The van der Waals surface area contributed by atoms with Crippen LogP contribution >= 0.6 is 23.2 Å². The molecule has 1 aliphatic heterocycles. The minimum atomic E-state index is -4.71. The van der Waals surface area contributed by atoms with Crippen LogP contribution in [-0.2, 0) is 15.8 Å².